The minimum Gasteiger partial charge on any atom is -0.481 e. The Kier molecular flexibility index (Phi) is 31.0. The van der Waals surface area contributed by atoms with Crippen LogP contribution >= 0.6 is 0 Å². The van der Waals surface area contributed by atoms with Crippen molar-refractivity contribution in [3.05, 3.63) is 71.8 Å². The topological polar surface area (TPSA) is 406 Å². The zero-order chi connectivity index (χ0) is 64.4. The van der Waals surface area contributed by atoms with Crippen molar-refractivity contribution in [1.82, 2.24) is 47.9 Å². The first kappa shape index (κ1) is 73.1. The Bertz CT molecular complexity index is 2580. The van der Waals surface area contributed by atoms with Crippen LogP contribution in [0.15, 0.2) is 60.7 Å². The smallest absolute Gasteiger partial charge is 0.326 e. The molecular formula is C60H93N11O14. The Balaban J connectivity index is 2.45. The summed E-state index contributed by atoms with van der Waals surface area (Å²) in [7, 11) is 0. The minimum absolute atomic E-state index is 0.00337. The van der Waals surface area contributed by atoms with Crippen LogP contribution in [0.5, 0.6) is 0 Å². The second kappa shape index (κ2) is 36.0. The summed E-state index contributed by atoms with van der Waals surface area (Å²) in [6.45, 7) is 20.6. The molecule has 10 atom stereocenters. The monoisotopic (exact) mass is 1190 g/mol. The van der Waals surface area contributed by atoms with Crippen molar-refractivity contribution in [3.8, 4) is 0 Å². The summed E-state index contributed by atoms with van der Waals surface area (Å²) in [6, 6.07) is 3.91. The maximum atomic E-state index is 14.6. The molecule has 0 saturated carbocycles. The molecular weight excluding hydrogens is 1100 g/mol. The third-order valence-corrected chi connectivity index (χ3v) is 13.6. The largest absolute Gasteiger partial charge is 0.481 e. The molecule has 0 aliphatic heterocycles. The first-order valence-electron chi connectivity index (χ1n) is 29.0. The van der Waals surface area contributed by atoms with Crippen LogP contribution in [0.1, 0.15) is 133 Å². The van der Waals surface area contributed by atoms with Crippen LogP contribution in [-0.4, -0.2) is 142 Å². The summed E-state index contributed by atoms with van der Waals surface area (Å²) in [5.74, 6) is -13.2. The van der Waals surface area contributed by atoms with Gasteiger partial charge in [0, 0.05) is 19.3 Å². The lowest BCUT2D eigenvalue weighted by Crippen LogP contribution is -2.62. The van der Waals surface area contributed by atoms with Gasteiger partial charge in [-0.05, 0) is 72.3 Å². The predicted octanol–water partition coefficient (Wildman–Crippen LogP) is 1.09. The van der Waals surface area contributed by atoms with Gasteiger partial charge in [-0.15, -0.1) is 0 Å². The molecule has 0 saturated heterocycles. The van der Waals surface area contributed by atoms with Gasteiger partial charge in [-0.1, -0.05) is 144 Å². The molecule has 15 N–H and O–H groups in total. The van der Waals surface area contributed by atoms with Gasteiger partial charge in [0.05, 0.1) is 12.5 Å². The SMILES string of the molecule is CC(C)C[C@H](NC(=O)[C@H](Cc1ccccc1)NC(=O)[C@H](CC(C)C)NC(=O)[C@@H](NC(=O)[C@@H](NC(=O)[C@@H](N)CCC(=O)O)C(C)C)C(C)C)C(=O)N[C@@H](CC(C)C)C(=O)N[C@@H](CC(N)=O)C(=O)N[C@H](C(=O)N[C@@H](Cc1ccccc1)C(=O)O)C(C)C. The third kappa shape index (κ3) is 26.7. The molecule has 0 aliphatic carbocycles. The number of aliphatic carboxylic acids is 2. The van der Waals surface area contributed by atoms with Gasteiger partial charge >= 0.3 is 11.9 Å². The maximum absolute atomic E-state index is 14.6. The van der Waals surface area contributed by atoms with Gasteiger partial charge in [-0.3, -0.25) is 52.7 Å². The molecule has 10 amide bonds. The molecule has 2 aromatic carbocycles. The first-order chi connectivity index (χ1) is 39.7. The first-order valence-corrected chi connectivity index (χ1v) is 29.0. The van der Waals surface area contributed by atoms with Gasteiger partial charge in [-0.2, -0.15) is 0 Å². The van der Waals surface area contributed by atoms with Crippen LogP contribution < -0.4 is 59.3 Å². The molecule has 0 heterocycles. The van der Waals surface area contributed by atoms with Gasteiger partial charge in [0.15, 0.2) is 0 Å². The van der Waals surface area contributed by atoms with Gasteiger partial charge in [0.2, 0.25) is 59.1 Å². The Labute approximate surface area is 498 Å². The molecule has 2 aromatic rings. The number of hydrogen-bond donors (Lipinski definition) is 13. The van der Waals surface area contributed by atoms with Gasteiger partial charge in [0.25, 0.3) is 0 Å². The number of carbonyl (C=O) groups is 12. The van der Waals surface area contributed by atoms with Crippen LogP contribution in [-0.2, 0) is 70.4 Å². The molecule has 0 fully saturated rings. The average molecular weight is 1190 g/mol. The van der Waals surface area contributed by atoms with E-state index in [9.17, 15) is 62.6 Å². The summed E-state index contributed by atoms with van der Waals surface area (Å²) in [5.41, 5.74) is 12.7. The Hall–Kier alpha value is -7.96. The molecule has 472 valence electrons. The van der Waals surface area contributed by atoms with E-state index in [1.54, 1.807) is 130 Å². The Morgan fingerprint density at radius 2 is 0.682 bits per heavy atom. The highest BCUT2D eigenvalue weighted by Gasteiger charge is 2.38. The van der Waals surface area contributed by atoms with E-state index < -0.39 is 156 Å². The number of nitrogens with one attached hydrogen (secondary N) is 9. The fourth-order valence-corrected chi connectivity index (χ4v) is 9.01. The normalized spacial score (nSPS) is 15.0. The van der Waals surface area contributed by atoms with E-state index in [2.05, 4.69) is 47.9 Å². The number of benzene rings is 2. The standard InChI is InChI=1S/C60H93N11O14/c1-31(2)25-40(52(76)63-41(26-32(3)4)53(77)66-44(30-46(62)72)56(80)70-48(34(7)8)58(82)68-45(60(84)85)29-38-21-17-14-18-22-38)64-55(79)43(28-37-19-15-13-16-20-37)65-54(78)42(27-33(5)6)67-57(81)49(35(9)10)71-59(83)50(36(11)12)69-51(75)39(61)23-24-47(73)74/h13-22,31-36,39-45,48-50H,23-30,61H2,1-12H3,(H2,62,72)(H,63,76)(H,64,79)(H,65,78)(H,66,77)(H,67,81)(H,68,82)(H,69,75)(H,70,80)(H,71,83)(H,73,74)(H,84,85)/t39-,40-,41-,42-,43-,44-,45-,48-,49-,50-/m0/s1. The van der Waals surface area contributed by atoms with Crippen molar-refractivity contribution >= 4 is 71.0 Å². The molecule has 0 unspecified atom stereocenters. The molecule has 85 heavy (non-hydrogen) atoms. The van der Waals surface area contributed by atoms with E-state index >= 15 is 0 Å². The van der Waals surface area contributed by atoms with Crippen molar-refractivity contribution in [1.29, 1.82) is 0 Å². The van der Waals surface area contributed by atoms with E-state index in [0.717, 1.165) is 0 Å². The number of nitrogens with two attached hydrogens (primary N) is 2. The number of carboxylic acid groups (broad SMARTS) is 2. The number of amides is 10. The molecule has 25 nitrogen and oxygen atoms in total. The summed E-state index contributed by atoms with van der Waals surface area (Å²) >= 11 is 0. The summed E-state index contributed by atoms with van der Waals surface area (Å²) < 4.78 is 0. The van der Waals surface area contributed by atoms with Crippen LogP contribution in [0.4, 0.5) is 0 Å². The fourth-order valence-electron chi connectivity index (χ4n) is 9.01. The summed E-state index contributed by atoms with van der Waals surface area (Å²) in [5, 5.41) is 42.7. The highest BCUT2D eigenvalue weighted by molar-refractivity contribution is 5.99. The number of primary amides is 1. The zero-order valence-electron chi connectivity index (χ0n) is 51.1. The van der Waals surface area contributed by atoms with Crippen LogP contribution in [0.3, 0.4) is 0 Å². The highest BCUT2D eigenvalue weighted by atomic mass is 16.4. The molecule has 25 heteroatoms. The zero-order valence-corrected chi connectivity index (χ0v) is 51.1. The number of hydrogen-bond acceptors (Lipinski definition) is 13. The number of carbonyl (C=O) groups excluding carboxylic acids is 10. The lowest BCUT2D eigenvalue weighted by molar-refractivity contribution is -0.142. The van der Waals surface area contributed by atoms with E-state index in [1.807, 2.05) is 13.8 Å². The number of carboxylic acids is 2. The van der Waals surface area contributed by atoms with Gasteiger partial charge < -0.3 is 69.5 Å². The van der Waals surface area contributed by atoms with Crippen molar-refractivity contribution < 1.29 is 67.7 Å². The lowest BCUT2D eigenvalue weighted by atomic mass is 9.97. The number of rotatable bonds is 37. The van der Waals surface area contributed by atoms with E-state index in [-0.39, 0.29) is 62.7 Å². The highest BCUT2D eigenvalue weighted by Crippen LogP contribution is 2.15. The van der Waals surface area contributed by atoms with Crippen molar-refractivity contribution in [2.75, 3.05) is 0 Å². The van der Waals surface area contributed by atoms with Gasteiger partial charge in [-0.25, -0.2) is 4.79 Å². The predicted molar refractivity (Wildman–Crippen MR) is 317 cm³/mol. The van der Waals surface area contributed by atoms with Gasteiger partial charge in [0.1, 0.15) is 54.4 Å². The molecule has 0 spiro atoms. The van der Waals surface area contributed by atoms with Crippen LogP contribution in [0, 0.1) is 35.5 Å². The van der Waals surface area contributed by atoms with E-state index in [1.165, 1.54) is 0 Å². The van der Waals surface area contributed by atoms with E-state index in [4.69, 9.17) is 16.6 Å². The molecule has 0 bridgehead atoms. The van der Waals surface area contributed by atoms with Crippen molar-refractivity contribution in [2.24, 2.45) is 47.0 Å². The van der Waals surface area contributed by atoms with Crippen LogP contribution in [0.2, 0.25) is 0 Å². The lowest BCUT2D eigenvalue weighted by Gasteiger charge is -2.30. The quantitative estimate of drug-likeness (QED) is 0.0451. The van der Waals surface area contributed by atoms with Crippen LogP contribution in [0.25, 0.3) is 0 Å². The fraction of sp³-hybridized carbons (Fsp3) is 0.600. The Morgan fingerprint density at radius 3 is 1.04 bits per heavy atom. The van der Waals surface area contributed by atoms with E-state index in [0.29, 0.717) is 11.1 Å². The minimum atomic E-state index is -1.67. The molecule has 0 radical (unpaired) electrons. The second-order valence-corrected chi connectivity index (χ2v) is 23.9. The average Bonchev–Trinajstić information content (AvgIpc) is 3.43. The summed E-state index contributed by atoms with van der Waals surface area (Å²) in [4.78, 5) is 162. The maximum Gasteiger partial charge on any atom is 0.326 e. The third-order valence-electron chi connectivity index (χ3n) is 13.6. The molecule has 0 aliphatic rings. The molecule has 2 rings (SSSR count). The van der Waals surface area contributed by atoms with Crippen molar-refractivity contribution in [3.63, 3.8) is 0 Å². The van der Waals surface area contributed by atoms with Crippen molar-refractivity contribution in [2.45, 2.75) is 195 Å². The molecule has 0 aromatic heterocycles. The summed E-state index contributed by atoms with van der Waals surface area (Å²) in [6.07, 6.45) is -1.33. The Morgan fingerprint density at radius 1 is 0.388 bits per heavy atom. The second-order valence-electron chi connectivity index (χ2n) is 23.9.